The number of nitrogens with zero attached hydrogens (tertiary/aromatic N) is 4. The fraction of sp³-hybridized carbons (Fsp3) is 0.308. The van der Waals surface area contributed by atoms with Gasteiger partial charge < -0.3 is 20.5 Å². The molecule has 4 heterocycles. The van der Waals surface area contributed by atoms with Crippen LogP contribution in [0.15, 0.2) is 51.6 Å². The maximum atomic E-state index is 15.3. The molecular formula is C26H23BrF2N6O2S2. The van der Waals surface area contributed by atoms with Gasteiger partial charge in [0.2, 0.25) is 0 Å². The summed E-state index contributed by atoms with van der Waals surface area (Å²) in [4.78, 5) is 17.8. The fourth-order valence-electron chi connectivity index (χ4n) is 5.21. The normalized spacial score (nSPS) is 23.8. The lowest BCUT2D eigenvalue weighted by Crippen LogP contribution is -2.37. The lowest BCUT2D eigenvalue weighted by molar-refractivity contribution is 0.184. The summed E-state index contributed by atoms with van der Waals surface area (Å²) in [5.41, 5.74) is 6.12. The zero-order valence-corrected chi connectivity index (χ0v) is 24.1. The van der Waals surface area contributed by atoms with Crippen molar-refractivity contribution in [3.8, 4) is 5.75 Å². The average molecular weight is 634 g/mol. The third kappa shape index (κ3) is 4.85. The summed E-state index contributed by atoms with van der Waals surface area (Å²) in [5, 5.41) is 6.94. The zero-order valence-electron chi connectivity index (χ0n) is 20.9. The van der Waals surface area contributed by atoms with Crippen LogP contribution in [-0.2, 0) is 16.9 Å². The lowest BCUT2D eigenvalue weighted by Gasteiger charge is -2.34. The summed E-state index contributed by atoms with van der Waals surface area (Å²) >= 11 is 6.27. The first kappa shape index (κ1) is 26.4. The Bertz CT molecular complexity index is 1620. The third-order valence-corrected chi connectivity index (χ3v) is 9.85. The van der Waals surface area contributed by atoms with Crippen molar-refractivity contribution in [2.45, 2.75) is 30.2 Å². The number of anilines is 2. The van der Waals surface area contributed by atoms with Gasteiger partial charge in [-0.05, 0) is 47.5 Å². The van der Waals surface area contributed by atoms with Crippen LogP contribution in [0.5, 0.6) is 5.75 Å². The zero-order chi connectivity index (χ0) is 27.4. The molecule has 1 aliphatic carbocycles. The summed E-state index contributed by atoms with van der Waals surface area (Å²) < 4.78 is 42.0. The number of aromatic nitrogens is 3. The second-order valence-corrected chi connectivity index (χ2v) is 12.8. The Morgan fingerprint density at radius 1 is 1.26 bits per heavy atom. The number of hydrogen-bond donors (Lipinski definition) is 2. The summed E-state index contributed by atoms with van der Waals surface area (Å²) in [7, 11) is 1.62. The summed E-state index contributed by atoms with van der Waals surface area (Å²) in [6, 6.07) is 6.32. The molecule has 0 bridgehead atoms. The van der Waals surface area contributed by atoms with Gasteiger partial charge in [-0.25, -0.2) is 23.7 Å². The molecule has 1 aromatic carbocycles. The quantitative estimate of drug-likeness (QED) is 0.239. The van der Waals surface area contributed by atoms with E-state index >= 15 is 4.39 Å². The predicted octanol–water partition coefficient (Wildman–Crippen LogP) is 6.13. The van der Waals surface area contributed by atoms with Crippen molar-refractivity contribution in [2.75, 3.05) is 19.0 Å². The molecule has 1 saturated carbocycles. The molecule has 0 radical (unpaired) electrons. The highest BCUT2D eigenvalue weighted by Gasteiger charge is 2.66. The highest BCUT2D eigenvalue weighted by Crippen LogP contribution is 2.66. The van der Waals surface area contributed by atoms with E-state index in [1.165, 1.54) is 23.1 Å². The molecule has 6 rings (SSSR count). The van der Waals surface area contributed by atoms with E-state index in [2.05, 4.69) is 41.2 Å². The minimum absolute atomic E-state index is 0.0485. The van der Waals surface area contributed by atoms with Crippen LogP contribution >= 0.6 is 39.0 Å². The Hall–Kier alpha value is -2.87. The van der Waals surface area contributed by atoms with E-state index in [1.54, 1.807) is 38.6 Å². The van der Waals surface area contributed by atoms with Gasteiger partial charge in [0.15, 0.2) is 22.6 Å². The molecule has 202 valence electrons. The van der Waals surface area contributed by atoms with E-state index in [0.717, 1.165) is 27.5 Å². The molecule has 0 saturated heterocycles. The van der Waals surface area contributed by atoms with Crippen molar-refractivity contribution >= 4 is 66.6 Å². The molecule has 3 atom stereocenters. The monoisotopic (exact) mass is 632 g/mol. The molecule has 39 heavy (non-hydrogen) atoms. The Morgan fingerprint density at radius 3 is 2.87 bits per heavy atom. The van der Waals surface area contributed by atoms with Gasteiger partial charge in [0.1, 0.15) is 27.5 Å². The molecule has 1 aliphatic heterocycles. The number of hydrogen-bond acceptors (Lipinski definition) is 10. The Morgan fingerprint density at radius 2 is 2.10 bits per heavy atom. The van der Waals surface area contributed by atoms with Crippen molar-refractivity contribution in [1.29, 1.82) is 0 Å². The van der Waals surface area contributed by atoms with Gasteiger partial charge in [-0.1, -0.05) is 11.8 Å². The molecule has 0 spiro atoms. The van der Waals surface area contributed by atoms with Crippen molar-refractivity contribution in [3.05, 3.63) is 68.8 Å². The largest absolute Gasteiger partial charge is 0.485 e. The molecule has 3 N–H and O–H groups in total. The molecule has 4 aromatic rings. The van der Waals surface area contributed by atoms with E-state index < -0.39 is 17.2 Å². The molecule has 2 aliphatic rings. The highest BCUT2D eigenvalue weighted by molar-refractivity contribution is 9.10. The molecule has 3 aromatic heterocycles. The van der Waals surface area contributed by atoms with Crippen LogP contribution in [0, 0.1) is 17.6 Å². The second kappa shape index (κ2) is 9.95. The van der Waals surface area contributed by atoms with Gasteiger partial charge in [-0.3, -0.25) is 4.99 Å². The Labute approximate surface area is 239 Å². The topological polar surface area (TPSA) is 108 Å². The standard InChI is InChI=1S/C26H23BrF2N6O2S2/c1-25(18-8-26(18,12-36-2)39-24(30)35-25)16-6-14(7-17(28)21(16)29)33-23-22-13(3-4-31-23)5-15(9-32-22)37-10-20-34-19(27)11-38-20/h3-7,9,11,18H,8,10,12H2,1-2H3,(H2,30,35)(H,31,33)/t18-,25-,26+/m0/s1. The van der Waals surface area contributed by atoms with Gasteiger partial charge in [0, 0.05) is 47.3 Å². The predicted molar refractivity (Wildman–Crippen MR) is 153 cm³/mol. The van der Waals surface area contributed by atoms with Crippen molar-refractivity contribution in [3.63, 3.8) is 0 Å². The number of nitrogens with two attached hydrogens (primary N) is 1. The van der Waals surface area contributed by atoms with Crippen LogP contribution in [0.2, 0.25) is 0 Å². The number of pyridine rings is 2. The number of ether oxygens (including phenoxy) is 2. The number of nitrogens with one attached hydrogen (secondary N) is 1. The van der Waals surface area contributed by atoms with Crippen LogP contribution in [0.4, 0.5) is 20.3 Å². The minimum Gasteiger partial charge on any atom is -0.485 e. The van der Waals surface area contributed by atoms with Crippen molar-refractivity contribution < 1.29 is 18.3 Å². The summed E-state index contributed by atoms with van der Waals surface area (Å²) in [5.74, 6) is -1.01. The molecular weight excluding hydrogens is 610 g/mol. The first-order chi connectivity index (χ1) is 18.7. The number of amidine groups is 1. The Balaban J connectivity index is 1.30. The number of halogens is 3. The van der Waals surface area contributed by atoms with E-state index in [1.807, 2.05) is 11.4 Å². The Kier molecular flexibility index (Phi) is 6.72. The van der Waals surface area contributed by atoms with Gasteiger partial charge in [0.05, 0.1) is 23.1 Å². The number of aliphatic imine (C=N–C) groups is 1. The van der Waals surface area contributed by atoms with Gasteiger partial charge >= 0.3 is 0 Å². The fourth-order valence-corrected chi connectivity index (χ4v) is 7.83. The van der Waals surface area contributed by atoms with Crippen molar-refractivity contribution in [1.82, 2.24) is 15.0 Å². The second-order valence-electron chi connectivity index (χ2n) is 9.65. The van der Waals surface area contributed by atoms with Gasteiger partial charge in [-0.2, -0.15) is 0 Å². The van der Waals surface area contributed by atoms with Gasteiger partial charge in [0.25, 0.3) is 0 Å². The smallest absolute Gasteiger partial charge is 0.164 e. The van der Waals surface area contributed by atoms with Crippen LogP contribution in [0.3, 0.4) is 0 Å². The third-order valence-electron chi connectivity index (χ3n) is 7.04. The number of benzene rings is 1. The van der Waals surface area contributed by atoms with Crippen LogP contribution in [0.25, 0.3) is 10.9 Å². The number of thioether (sulfide) groups is 1. The minimum atomic E-state index is -1.04. The summed E-state index contributed by atoms with van der Waals surface area (Å²) in [6.07, 6.45) is 3.95. The molecule has 0 unspecified atom stereocenters. The van der Waals surface area contributed by atoms with E-state index in [9.17, 15) is 4.39 Å². The number of rotatable bonds is 8. The molecule has 1 fully saturated rings. The average Bonchev–Trinajstić information content (AvgIpc) is 3.47. The number of methoxy groups -OCH3 is 1. The first-order valence-electron chi connectivity index (χ1n) is 12.0. The van der Waals surface area contributed by atoms with E-state index in [-0.39, 0.29) is 16.2 Å². The maximum Gasteiger partial charge on any atom is 0.164 e. The highest BCUT2D eigenvalue weighted by atomic mass is 79.9. The number of fused-ring (bicyclic) bond motifs is 2. The maximum absolute atomic E-state index is 15.3. The molecule has 8 nitrogen and oxygen atoms in total. The lowest BCUT2D eigenvalue weighted by atomic mass is 9.85. The van der Waals surface area contributed by atoms with Crippen molar-refractivity contribution in [2.24, 2.45) is 16.6 Å². The number of thiazole rings is 1. The van der Waals surface area contributed by atoms with E-state index in [4.69, 9.17) is 15.2 Å². The van der Waals surface area contributed by atoms with Crippen LogP contribution < -0.4 is 15.8 Å². The SMILES string of the molecule is COC[C@]12C[C@H]1[C@](C)(c1cc(Nc3nccc4cc(OCc5nc(Br)cs5)cnc34)cc(F)c1F)N=C(N)S2. The van der Waals surface area contributed by atoms with E-state index in [0.29, 0.717) is 41.2 Å². The van der Waals surface area contributed by atoms with Crippen LogP contribution in [-0.4, -0.2) is 38.6 Å². The molecule has 13 heteroatoms. The molecule has 0 amide bonds. The summed E-state index contributed by atoms with van der Waals surface area (Å²) in [6.45, 7) is 2.57. The first-order valence-corrected chi connectivity index (χ1v) is 14.5. The van der Waals surface area contributed by atoms with Crippen LogP contribution in [0.1, 0.15) is 23.9 Å². The van der Waals surface area contributed by atoms with Gasteiger partial charge in [-0.15, -0.1) is 11.3 Å².